The molecule has 0 aromatic heterocycles. The van der Waals surface area contributed by atoms with Crippen LogP contribution in [0.25, 0.3) is 0 Å². The van der Waals surface area contributed by atoms with E-state index in [9.17, 15) is 4.79 Å². The van der Waals surface area contributed by atoms with E-state index in [1.807, 2.05) is 0 Å². The van der Waals surface area contributed by atoms with Gasteiger partial charge in [-0.05, 0) is 66.5 Å². The van der Waals surface area contributed by atoms with E-state index in [1.54, 1.807) is 0 Å². The second kappa shape index (κ2) is 6.16. The first-order valence-corrected chi connectivity index (χ1v) is 9.95. The molecule has 2 aliphatic carbocycles. The van der Waals surface area contributed by atoms with Crippen LogP contribution in [0.1, 0.15) is 76.0 Å². The zero-order chi connectivity index (χ0) is 17.7. The first kappa shape index (κ1) is 18.0. The van der Waals surface area contributed by atoms with E-state index < -0.39 is 0 Å². The number of esters is 1. The molecule has 24 heavy (non-hydrogen) atoms. The Morgan fingerprint density at radius 3 is 2.62 bits per heavy atom. The van der Waals surface area contributed by atoms with E-state index in [1.165, 1.54) is 28.3 Å². The number of hydrogen-bond acceptors (Lipinski definition) is 2. The number of ether oxygens (including phenoxy) is 1. The largest absolute Gasteiger partial charge is 0.469 e. The zero-order valence-corrected chi connectivity index (χ0v) is 17.1. The molecule has 2 nitrogen and oxygen atoms in total. The predicted octanol–water partition coefficient (Wildman–Crippen LogP) is 5.76. The van der Waals surface area contributed by atoms with Crippen LogP contribution in [0.3, 0.4) is 0 Å². The van der Waals surface area contributed by atoms with Gasteiger partial charge in [-0.2, -0.15) is 0 Å². The first-order chi connectivity index (χ1) is 11.3. The van der Waals surface area contributed by atoms with Crippen LogP contribution >= 0.6 is 15.9 Å². The Kier molecular flexibility index (Phi) is 4.61. The SMILES string of the molecule is COC(=O)[C@]1(C)CCC[C@]2(C)c3ccc(C(C)C)c(Br)c3CCC12. The minimum absolute atomic E-state index is 0.0280. The van der Waals surface area contributed by atoms with Crippen molar-refractivity contribution in [2.75, 3.05) is 7.11 Å². The maximum atomic E-state index is 12.6. The highest BCUT2D eigenvalue weighted by molar-refractivity contribution is 9.10. The molecule has 0 amide bonds. The van der Waals surface area contributed by atoms with Crippen molar-refractivity contribution >= 4 is 21.9 Å². The van der Waals surface area contributed by atoms with Gasteiger partial charge >= 0.3 is 5.97 Å². The lowest BCUT2D eigenvalue weighted by Gasteiger charge is -2.54. The number of hydrogen-bond donors (Lipinski definition) is 0. The third kappa shape index (κ3) is 2.46. The maximum absolute atomic E-state index is 12.6. The molecule has 3 atom stereocenters. The van der Waals surface area contributed by atoms with Crippen LogP contribution < -0.4 is 0 Å². The summed E-state index contributed by atoms with van der Waals surface area (Å²) in [5.74, 6) is 0.845. The molecule has 1 fully saturated rings. The summed E-state index contributed by atoms with van der Waals surface area (Å²) in [4.78, 5) is 12.6. The lowest BCUT2D eigenvalue weighted by Crippen LogP contribution is -2.52. The molecule has 0 saturated heterocycles. The van der Waals surface area contributed by atoms with Gasteiger partial charge in [0.25, 0.3) is 0 Å². The third-order valence-electron chi connectivity index (χ3n) is 6.78. The number of rotatable bonds is 2. The Bertz CT molecular complexity index is 666. The van der Waals surface area contributed by atoms with Crippen LogP contribution in [0.4, 0.5) is 0 Å². The molecular weight excluding hydrogens is 364 g/mol. The predicted molar refractivity (Wildman–Crippen MR) is 101 cm³/mol. The van der Waals surface area contributed by atoms with Crippen molar-refractivity contribution in [2.24, 2.45) is 11.3 Å². The Morgan fingerprint density at radius 2 is 2.00 bits per heavy atom. The highest BCUT2D eigenvalue weighted by Crippen LogP contribution is 2.58. The van der Waals surface area contributed by atoms with Crippen molar-refractivity contribution in [1.29, 1.82) is 0 Å². The molecule has 3 rings (SSSR count). The van der Waals surface area contributed by atoms with Gasteiger partial charge in [-0.3, -0.25) is 4.79 Å². The summed E-state index contributed by atoms with van der Waals surface area (Å²) in [6, 6.07) is 4.62. The van der Waals surface area contributed by atoms with Crippen molar-refractivity contribution in [1.82, 2.24) is 0 Å². The fourth-order valence-electron chi connectivity index (χ4n) is 5.46. The van der Waals surface area contributed by atoms with Gasteiger partial charge in [-0.15, -0.1) is 0 Å². The molecule has 0 bridgehead atoms. The standard InChI is InChI=1S/C21H29BrO2/c1-13(2)14-7-9-16-15(18(14)22)8-10-17-20(16,3)11-6-12-21(17,4)19(23)24-5/h7,9,13,17H,6,8,10-12H2,1-5H3/t17?,20-,21-/m1/s1. The van der Waals surface area contributed by atoms with Gasteiger partial charge < -0.3 is 4.74 Å². The van der Waals surface area contributed by atoms with Gasteiger partial charge in [0, 0.05) is 4.47 Å². The fraction of sp³-hybridized carbons (Fsp3) is 0.667. The Morgan fingerprint density at radius 1 is 1.29 bits per heavy atom. The molecule has 0 spiro atoms. The second-order valence-corrected chi connectivity index (χ2v) is 9.21. The van der Waals surface area contributed by atoms with Gasteiger partial charge in [0.2, 0.25) is 0 Å². The average molecular weight is 393 g/mol. The summed E-state index contributed by atoms with van der Waals surface area (Å²) in [7, 11) is 1.53. The normalized spacial score (nSPS) is 32.2. The van der Waals surface area contributed by atoms with E-state index >= 15 is 0 Å². The van der Waals surface area contributed by atoms with E-state index in [0.29, 0.717) is 11.8 Å². The van der Waals surface area contributed by atoms with Crippen LogP contribution in [-0.4, -0.2) is 13.1 Å². The summed E-state index contributed by atoms with van der Waals surface area (Å²) < 4.78 is 6.49. The van der Waals surface area contributed by atoms with E-state index in [0.717, 1.165) is 32.1 Å². The number of methoxy groups -OCH3 is 1. The topological polar surface area (TPSA) is 26.3 Å². The van der Waals surface area contributed by atoms with Crippen LogP contribution in [0.5, 0.6) is 0 Å². The number of benzene rings is 1. The molecule has 2 aliphatic rings. The Hall–Kier alpha value is -0.830. The van der Waals surface area contributed by atoms with Gasteiger partial charge in [-0.25, -0.2) is 0 Å². The summed E-state index contributed by atoms with van der Waals surface area (Å²) in [5, 5.41) is 0. The van der Waals surface area contributed by atoms with Gasteiger partial charge in [0.1, 0.15) is 0 Å². The second-order valence-electron chi connectivity index (χ2n) is 8.42. The first-order valence-electron chi connectivity index (χ1n) is 9.16. The smallest absolute Gasteiger partial charge is 0.311 e. The molecule has 1 unspecified atom stereocenters. The molecule has 0 radical (unpaired) electrons. The highest BCUT2D eigenvalue weighted by atomic mass is 79.9. The summed E-state index contributed by atoms with van der Waals surface area (Å²) in [6.07, 6.45) is 5.30. The molecule has 132 valence electrons. The number of halogens is 1. The van der Waals surface area contributed by atoms with E-state index in [2.05, 4.69) is 55.8 Å². The molecule has 1 saturated carbocycles. The number of fused-ring (bicyclic) bond motifs is 3. The molecule has 0 N–H and O–H groups in total. The lowest BCUT2D eigenvalue weighted by atomic mass is 9.49. The number of carbonyl (C=O) groups is 1. The Balaban J connectivity index is 2.11. The molecule has 1 aromatic rings. The van der Waals surface area contributed by atoms with Crippen LogP contribution in [0.2, 0.25) is 0 Å². The molecule has 3 heteroatoms. The summed E-state index contributed by atoms with van der Waals surface area (Å²) in [6.45, 7) is 8.99. The van der Waals surface area contributed by atoms with E-state index in [-0.39, 0.29) is 16.8 Å². The van der Waals surface area contributed by atoms with Gasteiger partial charge in [-0.1, -0.05) is 55.3 Å². The maximum Gasteiger partial charge on any atom is 0.311 e. The minimum Gasteiger partial charge on any atom is -0.469 e. The average Bonchev–Trinajstić information content (AvgIpc) is 2.54. The van der Waals surface area contributed by atoms with Gasteiger partial charge in [0.05, 0.1) is 12.5 Å². The van der Waals surface area contributed by atoms with Crippen molar-refractivity contribution in [3.8, 4) is 0 Å². The Labute approximate surface area is 154 Å². The monoisotopic (exact) mass is 392 g/mol. The quantitative estimate of drug-likeness (QED) is 0.598. The molecule has 0 heterocycles. The minimum atomic E-state index is -0.358. The molecular formula is C21H29BrO2. The van der Waals surface area contributed by atoms with Crippen molar-refractivity contribution in [3.05, 3.63) is 33.3 Å². The molecule has 1 aromatic carbocycles. The van der Waals surface area contributed by atoms with Crippen LogP contribution in [0.15, 0.2) is 16.6 Å². The number of carbonyl (C=O) groups excluding carboxylic acids is 1. The highest BCUT2D eigenvalue weighted by Gasteiger charge is 2.55. The van der Waals surface area contributed by atoms with Crippen molar-refractivity contribution in [2.45, 2.75) is 71.1 Å². The fourth-order valence-corrected chi connectivity index (χ4v) is 6.47. The van der Waals surface area contributed by atoms with Crippen molar-refractivity contribution in [3.63, 3.8) is 0 Å². The van der Waals surface area contributed by atoms with Crippen molar-refractivity contribution < 1.29 is 9.53 Å². The summed E-state index contributed by atoms with van der Waals surface area (Å²) in [5.41, 5.74) is 4.01. The molecule has 0 aliphatic heterocycles. The van der Waals surface area contributed by atoms with Gasteiger partial charge in [0.15, 0.2) is 0 Å². The van der Waals surface area contributed by atoms with E-state index in [4.69, 9.17) is 4.74 Å². The zero-order valence-electron chi connectivity index (χ0n) is 15.5. The lowest BCUT2D eigenvalue weighted by molar-refractivity contribution is -0.161. The van der Waals surface area contributed by atoms with Crippen LogP contribution in [-0.2, 0) is 21.4 Å². The summed E-state index contributed by atoms with van der Waals surface area (Å²) >= 11 is 3.89. The third-order valence-corrected chi connectivity index (χ3v) is 7.71. The van der Waals surface area contributed by atoms with Crippen LogP contribution in [0, 0.1) is 11.3 Å².